The fraction of sp³-hybridized carbons (Fsp3) is 0.846. The smallest absolute Gasteiger partial charge is 0.326 e. The SMILES string of the molecule is CCC[C@H](NC(=O)NCCCN(C)C(C)C)C(=O)O. The van der Waals surface area contributed by atoms with Crippen molar-refractivity contribution in [3.63, 3.8) is 0 Å². The molecule has 0 unspecified atom stereocenters. The number of rotatable bonds is 9. The van der Waals surface area contributed by atoms with Crippen molar-refractivity contribution in [2.75, 3.05) is 20.1 Å². The Morgan fingerprint density at radius 3 is 2.42 bits per heavy atom. The largest absolute Gasteiger partial charge is 0.480 e. The quantitative estimate of drug-likeness (QED) is 0.553. The van der Waals surface area contributed by atoms with Gasteiger partial charge in [-0.25, -0.2) is 9.59 Å². The summed E-state index contributed by atoms with van der Waals surface area (Å²) in [5, 5.41) is 14.1. The van der Waals surface area contributed by atoms with E-state index < -0.39 is 18.0 Å². The van der Waals surface area contributed by atoms with Gasteiger partial charge in [0.25, 0.3) is 0 Å². The van der Waals surface area contributed by atoms with E-state index >= 15 is 0 Å². The number of urea groups is 1. The lowest BCUT2D eigenvalue weighted by Gasteiger charge is -2.21. The topological polar surface area (TPSA) is 81.7 Å². The highest BCUT2D eigenvalue weighted by atomic mass is 16.4. The molecule has 0 spiro atoms. The summed E-state index contributed by atoms with van der Waals surface area (Å²) in [5.41, 5.74) is 0. The monoisotopic (exact) mass is 273 g/mol. The summed E-state index contributed by atoms with van der Waals surface area (Å²) in [6.45, 7) is 7.55. The summed E-state index contributed by atoms with van der Waals surface area (Å²) in [6, 6.07) is -0.730. The molecule has 1 atom stereocenters. The molecule has 0 fully saturated rings. The van der Waals surface area contributed by atoms with Crippen LogP contribution in [-0.2, 0) is 4.79 Å². The van der Waals surface area contributed by atoms with Crippen LogP contribution in [0.3, 0.4) is 0 Å². The number of hydrogen-bond donors (Lipinski definition) is 3. The van der Waals surface area contributed by atoms with E-state index in [0.717, 1.165) is 19.4 Å². The van der Waals surface area contributed by atoms with Gasteiger partial charge in [-0.15, -0.1) is 0 Å². The Hall–Kier alpha value is -1.30. The molecule has 2 amide bonds. The predicted molar refractivity (Wildman–Crippen MR) is 75.2 cm³/mol. The predicted octanol–water partition coefficient (Wildman–Crippen LogP) is 1.27. The first-order valence-electron chi connectivity index (χ1n) is 6.85. The van der Waals surface area contributed by atoms with E-state index in [1.165, 1.54) is 0 Å². The Labute approximate surface area is 115 Å². The maximum Gasteiger partial charge on any atom is 0.326 e. The minimum atomic E-state index is -0.989. The average Bonchev–Trinajstić information content (AvgIpc) is 2.33. The molecule has 6 nitrogen and oxygen atoms in total. The third kappa shape index (κ3) is 8.42. The minimum Gasteiger partial charge on any atom is -0.480 e. The molecule has 19 heavy (non-hydrogen) atoms. The van der Waals surface area contributed by atoms with Crippen LogP contribution in [0.2, 0.25) is 0 Å². The molecule has 0 saturated carbocycles. The van der Waals surface area contributed by atoms with Gasteiger partial charge in [0.1, 0.15) is 6.04 Å². The number of aliphatic carboxylic acids is 1. The van der Waals surface area contributed by atoms with Crippen LogP contribution in [0, 0.1) is 0 Å². The molecule has 0 bridgehead atoms. The third-order valence-corrected chi connectivity index (χ3v) is 3.04. The highest BCUT2D eigenvalue weighted by molar-refractivity contribution is 5.82. The molecule has 0 aliphatic rings. The first-order chi connectivity index (χ1) is 8.88. The Kier molecular flexibility index (Phi) is 8.95. The molecule has 0 saturated heterocycles. The lowest BCUT2D eigenvalue weighted by Crippen LogP contribution is -2.46. The fourth-order valence-electron chi connectivity index (χ4n) is 1.54. The number of carboxylic acids is 1. The van der Waals surface area contributed by atoms with Gasteiger partial charge in [-0.3, -0.25) is 0 Å². The number of amides is 2. The normalized spacial score (nSPS) is 12.5. The number of hydrogen-bond acceptors (Lipinski definition) is 3. The second-order valence-corrected chi connectivity index (χ2v) is 5.01. The molecule has 3 N–H and O–H groups in total. The number of carboxylic acid groups (broad SMARTS) is 1. The van der Waals surface area contributed by atoms with E-state index in [2.05, 4.69) is 29.4 Å². The molecule has 0 aromatic rings. The van der Waals surface area contributed by atoms with E-state index in [4.69, 9.17) is 5.11 Å². The van der Waals surface area contributed by atoms with E-state index in [-0.39, 0.29) is 0 Å². The van der Waals surface area contributed by atoms with Gasteiger partial charge < -0.3 is 20.6 Å². The zero-order valence-electron chi connectivity index (χ0n) is 12.4. The maximum atomic E-state index is 11.5. The van der Waals surface area contributed by atoms with Crippen molar-refractivity contribution in [3.05, 3.63) is 0 Å². The lowest BCUT2D eigenvalue weighted by atomic mass is 10.2. The fourth-order valence-corrected chi connectivity index (χ4v) is 1.54. The van der Waals surface area contributed by atoms with E-state index in [1.807, 2.05) is 14.0 Å². The third-order valence-electron chi connectivity index (χ3n) is 3.04. The van der Waals surface area contributed by atoms with E-state index in [1.54, 1.807) is 0 Å². The molecule has 112 valence electrons. The lowest BCUT2D eigenvalue weighted by molar-refractivity contribution is -0.139. The van der Waals surface area contributed by atoms with Gasteiger partial charge in [0.05, 0.1) is 0 Å². The van der Waals surface area contributed by atoms with Gasteiger partial charge in [-0.2, -0.15) is 0 Å². The molecule has 0 heterocycles. The highest BCUT2D eigenvalue weighted by Gasteiger charge is 2.18. The number of nitrogens with zero attached hydrogens (tertiary/aromatic N) is 1. The van der Waals surface area contributed by atoms with Gasteiger partial charge in [0, 0.05) is 12.6 Å². The maximum absolute atomic E-state index is 11.5. The number of nitrogens with one attached hydrogen (secondary N) is 2. The molecule has 0 aromatic heterocycles. The van der Waals surface area contributed by atoms with Gasteiger partial charge in [-0.05, 0) is 40.3 Å². The molecular weight excluding hydrogens is 246 g/mol. The van der Waals surface area contributed by atoms with Gasteiger partial charge in [0.2, 0.25) is 0 Å². The van der Waals surface area contributed by atoms with Crippen molar-refractivity contribution in [2.24, 2.45) is 0 Å². The zero-order chi connectivity index (χ0) is 14.8. The summed E-state index contributed by atoms with van der Waals surface area (Å²) in [7, 11) is 2.03. The molecular formula is C13H27N3O3. The molecule has 0 rings (SSSR count). The van der Waals surface area contributed by atoms with Crippen LogP contribution >= 0.6 is 0 Å². The van der Waals surface area contributed by atoms with Crippen molar-refractivity contribution in [1.29, 1.82) is 0 Å². The highest BCUT2D eigenvalue weighted by Crippen LogP contribution is 1.97. The van der Waals surface area contributed by atoms with Crippen LogP contribution in [-0.4, -0.2) is 54.2 Å². The number of carbonyl (C=O) groups is 2. The van der Waals surface area contributed by atoms with Crippen LogP contribution in [0.1, 0.15) is 40.0 Å². The first-order valence-corrected chi connectivity index (χ1v) is 6.85. The van der Waals surface area contributed by atoms with Crippen LogP contribution < -0.4 is 10.6 Å². The number of carbonyl (C=O) groups excluding carboxylic acids is 1. The summed E-state index contributed by atoms with van der Waals surface area (Å²) in [5.74, 6) is -0.989. The Morgan fingerprint density at radius 2 is 1.95 bits per heavy atom. The zero-order valence-corrected chi connectivity index (χ0v) is 12.4. The van der Waals surface area contributed by atoms with Gasteiger partial charge in [-0.1, -0.05) is 13.3 Å². The van der Waals surface area contributed by atoms with Crippen LogP contribution in [0.4, 0.5) is 4.79 Å². The van der Waals surface area contributed by atoms with Crippen molar-refractivity contribution < 1.29 is 14.7 Å². The van der Waals surface area contributed by atoms with Crippen molar-refractivity contribution in [3.8, 4) is 0 Å². The van der Waals surface area contributed by atoms with Crippen LogP contribution in [0.5, 0.6) is 0 Å². The summed E-state index contributed by atoms with van der Waals surface area (Å²) >= 11 is 0. The summed E-state index contributed by atoms with van der Waals surface area (Å²) in [4.78, 5) is 24.6. The molecule has 0 radical (unpaired) electrons. The van der Waals surface area contributed by atoms with Crippen molar-refractivity contribution >= 4 is 12.0 Å². The average molecular weight is 273 g/mol. The van der Waals surface area contributed by atoms with Crippen molar-refractivity contribution in [2.45, 2.75) is 52.1 Å². The summed E-state index contributed by atoms with van der Waals surface area (Å²) < 4.78 is 0. The second kappa shape index (κ2) is 9.61. The van der Waals surface area contributed by atoms with E-state index in [9.17, 15) is 9.59 Å². The summed E-state index contributed by atoms with van der Waals surface area (Å²) in [6.07, 6.45) is 2.00. The second-order valence-electron chi connectivity index (χ2n) is 5.01. The standard InChI is InChI=1S/C13H27N3O3/c1-5-7-11(12(17)18)15-13(19)14-8-6-9-16(4)10(2)3/h10-11H,5-9H2,1-4H3,(H,17,18)(H2,14,15,19)/t11-/m0/s1. The van der Waals surface area contributed by atoms with Crippen molar-refractivity contribution in [1.82, 2.24) is 15.5 Å². The Bertz CT molecular complexity index is 282. The first kappa shape index (κ1) is 17.7. The van der Waals surface area contributed by atoms with E-state index in [0.29, 0.717) is 19.0 Å². The van der Waals surface area contributed by atoms with Gasteiger partial charge in [0.15, 0.2) is 0 Å². The van der Waals surface area contributed by atoms with Gasteiger partial charge >= 0.3 is 12.0 Å². The Balaban J connectivity index is 3.83. The molecule has 0 aromatic carbocycles. The van der Waals surface area contributed by atoms with Crippen LogP contribution in [0.25, 0.3) is 0 Å². The molecule has 6 heteroatoms. The molecule has 0 aliphatic heterocycles. The van der Waals surface area contributed by atoms with Crippen LogP contribution in [0.15, 0.2) is 0 Å². The minimum absolute atomic E-state index is 0.409. The molecule has 0 aliphatic carbocycles. The Morgan fingerprint density at radius 1 is 1.32 bits per heavy atom.